The van der Waals surface area contributed by atoms with Crippen LogP contribution in [0.3, 0.4) is 0 Å². The van der Waals surface area contributed by atoms with Crippen LogP contribution < -0.4 is 9.80 Å². The predicted molar refractivity (Wildman–Crippen MR) is 408 cm³/mol. The molecule has 4 heteroatoms. The van der Waals surface area contributed by atoms with Gasteiger partial charge in [0.2, 0.25) is 0 Å². The van der Waals surface area contributed by atoms with Gasteiger partial charge in [0.25, 0.3) is 0 Å². The lowest BCUT2D eigenvalue weighted by Crippen LogP contribution is -2.16. The highest BCUT2D eigenvalue weighted by Crippen LogP contribution is 2.54. The molecule has 0 saturated heterocycles. The standard InChI is InChI=1S/C90H90N4/c1-85(2,3)57-31-27-55(28-32-57)69-51-61(89(13,14)15)39-47-75(69)91(63-41-35-59(36-42-63)87(7,8)9)77-49-45-65-71-53-80-72(54-79(71)93-73-25-21-19-23-67(73)81(77)83(65)93)66-46-50-78(82-68-24-20-22-26-74(68)94(80)84(66)82)92(64-43-37-60(38-44-64)88(10,11)12)76-48-40-62(90(16,17)18)52-70(76)56-29-33-58(34-30-56)86(4,5)6/h19-54H,1-18H3. The molecule has 0 N–H and O–H groups in total. The van der Waals surface area contributed by atoms with E-state index in [2.05, 4.69) is 362 Å². The summed E-state index contributed by atoms with van der Waals surface area (Å²) in [6.45, 7) is 41.6. The van der Waals surface area contributed by atoms with Crippen LogP contribution in [0.2, 0.25) is 0 Å². The van der Waals surface area contributed by atoms with Crippen molar-refractivity contribution in [3.05, 3.63) is 252 Å². The number of fused-ring (bicyclic) bond motifs is 12. The second kappa shape index (κ2) is 21.1. The molecule has 4 nitrogen and oxygen atoms in total. The molecule has 94 heavy (non-hydrogen) atoms. The highest BCUT2D eigenvalue weighted by atomic mass is 15.2. The molecular formula is C90H90N4. The van der Waals surface area contributed by atoms with E-state index in [9.17, 15) is 0 Å². The summed E-state index contributed by atoms with van der Waals surface area (Å²) in [5.41, 5.74) is 26.8. The Labute approximate surface area is 556 Å². The van der Waals surface area contributed by atoms with Gasteiger partial charge in [0.05, 0.1) is 55.8 Å². The maximum absolute atomic E-state index is 2.59. The SMILES string of the molecule is CC(C)(C)c1ccc(-c2cc(C(C)(C)C)ccc2N(c2ccc(C(C)(C)C)cc2)c2ccc3c4cc5c(cc4n4c6ccccc6c2c34)c2ccc(N(c3ccc(C(C)(C)C)cc3)c3ccc(C(C)(C)C)cc3-c3ccc(C(C)(C)C)cc3)c3c4ccccc4n5c23)cc1. The summed E-state index contributed by atoms with van der Waals surface area (Å²) in [7, 11) is 0. The minimum Gasteiger partial charge on any atom is -0.309 e. The van der Waals surface area contributed by atoms with Gasteiger partial charge in [-0.15, -0.1) is 0 Å². The molecule has 11 aromatic carbocycles. The summed E-state index contributed by atoms with van der Waals surface area (Å²) in [4.78, 5) is 5.13. The smallest absolute Gasteiger partial charge is 0.0641 e. The molecule has 470 valence electrons. The molecule has 0 saturated carbocycles. The third kappa shape index (κ3) is 9.83. The first-order valence-electron chi connectivity index (χ1n) is 34.1. The van der Waals surface area contributed by atoms with E-state index < -0.39 is 0 Å². The monoisotopic (exact) mass is 1230 g/mol. The minimum absolute atomic E-state index is 0.00560. The molecule has 0 unspecified atom stereocenters. The fourth-order valence-electron chi connectivity index (χ4n) is 15.0. The zero-order chi connectivity index (χ0) is 66.1. The predicted octanol–water partition coefficient (Wildman–Crippen LogP) is 26.0. The molecule has 0 fully saturated rings. The van der Waals surface area contributed by atoms with Crippen LogP contribution in [-0.2, 0) is 32.5 Å². The van der Waals surface area contributed by atoms with Crippen molar-refractivity contribution in [2.24, 2.45) is 0 Å². The van der Waals surface area contributed by atoms with E-state index >= 15 is 0 Å². The van der Waals surface area contributed by atoms with E-state index in [-0.39, 0.29) is 32.5 Å². The lowest BCUT2D eigenvalue weighted by Gasteiger charge is -2.31. The van der Waals surface area contributed by atoms with Crippen molar-refractivity contribution in [2.75, 3.05) is 9.80 Å². The minimum atomic E-state index is -0.0610. The fourth-order valence-corrected chi connectivity index (χ4v) is 15.0. The van der Waals surface area contributed by atoms with E-state index in [4.69, 9.17) is 0 Å². The van der Waals surface area contributed by atoms with Gasteiger partial charge in [0, 0.05) is 65.6 Å². The topological polar surface area (TPSA) is 15.3 Å². The Bertz CT molecular complexity index is 5090. The van der Waals surface area contributed by atoms with Crippen molar-refractivity contribution in [1.82, 2.24) is 8.80 Å². The van der Waals surface area contributed by atoms with Gasteiger partial charge in [-0.25, -0.2) is 0 Å². The van der Waals surface area contributed by atoms with Gasteiger partial charge in [-0.2, -0.15) is 0 Å². The van der Waals surface area contributed by atoms with Gasteiger partial charge in [0.15, 0.2) is 0 Å². The number of para-hydroxylation sites is 2. The highest BCUT2D eigenvalue weighted by molar-refractivity contribution is 6.32. The van der Waals surface area contributed by atoms with Crippen molar-refractivity contribution in [1.29, 1.82) is 0 Å². The summed E-state index contributed by atoms with van der Waals surface area (Å²) in [6, 6.07) is 84.9. The van der Waals surface area contributed by atoms with Crippen molar-refractivity contribution in [3.63, 3.8) is 0 Å². The van der Waals surface area contributed by atoms with E-state index in [1.54, 1.807) is 0 Å². The van der Waals surface area contributed by atoms with Crippen LogP contribution in [0, 0.1) is 0 Å². The van der Waals surface area contributed by atoms with Crippen LogP contribution in [0.1, 0.15) is 158 Å². The highest BCUT2D eigenvalue weighted by Gasteiger charge is 2.32. The quantitative estimate of drug-likeness (QED) is 0.151. The lowest BCUT2D eigenvalue weighted by atomic mass is 9.83. The Morgan fingerprint density at radius 1 is 0.234 bits per heavy atom. The third-order valence-electron chi connectivity index (χ3n) is 20.6. The molecule has 15 aromatic rings. The Morgan fingerprint density at radius 2 is 0.521 bits per heavy atom. The number of hydrogen-bond donors (Lipinski definition) is 0. The second-order valence-corrected chi connectivity index (χ2v) is 33.2. The van der Waals surface area contributed by atoms with Crippen LogP contribution in [0.25, 0.3) is 98.4 Å². The van der Waals surface area contributed by atoms with Gasteiger partial charge in [0.1, 0.15) is 0 Å². The van der Waals surface area contributed by atoms with Crippen LogP contribution in [-0.4, -0.2) is 8.80 Å². The van der Waals surface area contributed by atoms with E-state index in [1.165, 1.54) is 132 Å². The maximum atomic E-state index is 2.59. The van der Waals surface area contributed by atoms with Gasteiger partial charge >= 0.3 is 0 Å². The van der Waals surface area contributed by atoms with Gasteiger partial charge in [-0.05, 0) is 162 Å². The van der Waals surface area contributed by atoms with Gasteiger partial charge in [-0.1, -0.05) is 258 Å². The van der Waals surface area contributed by atoms with Crippen LogP contribution >= 0.6 is 0 Å². The zero-order valence-electron chi connectivity index (χ0n) is 58.6. The molecule has 0 amide bonds. The third-order valence-corrected chi connectivity index (χ3v) is 20.6. The normalized spacial score (nSPS) is 13.2. The average molecular weight is 1230 g/mol. The summed E-state index contributed by atoms with van der Waals surface area (Å²) < 4.78 is 5.18. The summed E-state index contributed by atoms with van der Waals surface area (Å²) in [5.74, 6) is 0. The average Bonchev–Trinajstić information content (AvgIpc) is 1.51. The van der Waals surface area contributed by atoms with Crippen LogP contribution in [0.4, 0.5) is 34.1 Å². The molecule has 0 aliphatic rings. The molecule has 0 spiro atoms. The Kier molecular flexibility index (Phi) is 13.6. The number of nitrogens with zero attached hydrogens (tertiary/aromatic N) is 4. The lowest BCUT2D eigenvalue weighted by molar-refractivity contribution is 0.589. The number of rotatable bonds is 8. The molecule has 0 atom stereocenters. The fraction of sp³-hybridized carbons (Fsp3) is 0.267. The number of anilines is 6. The molecule has 0 aliphatic heterocycles. The van der Waals surface area contributed by atoms with Crippen molar-refractivity contribution >= 4 is 110 Å². The van der Waals surface area contributed by atoms with Gasteiger partial charge < -0.3 is 18.6 Å². The summed E-state index contributed by atoms with van der Waals surface area (Å²) in [6.07, 6.45) is 0. The first-order chi connectivity index (χ1) is 44.4. The largest absolute Gasteiger partial charge is 0.309 e. The van der Waals surface area contributed by atoms with Crippen molar-refractivity contribution in [2.45, 2.75) is 157 Å². The number of hydrogen-bond acceptors (Lipinski definition) is 2. The molecule has 0 aliphatic carbocycles. The number of aromatic nitrogens is 2. The van der Waals surface area contributed by atoms with E-state index in [1.807, 2.05) is 0 Å². The maximum Gasteiger partial charge on any atom is 0.0641 e. The van der Waals surface area contributed by atoms with Crippen LogP contribution in [0.15, 0.2) is 218 Å². The molecule has 0 bridgehead atoms. The molecule has 0 radical (unpaired) electrons. The Balaban J connectivity index is 0.989. The molecular weight excluding hydrogens is 1140 g/mol. The first-order valence-corrected chi connectivity index (χ1v) is 34.1. The van der Waals surface area contributed by atoms with Crippen LogP contribution in [0.5, 0.6) is 0 Å². The summed E-state index contributed by atoms with van der Waals surface area (Å²) in [5, 5.41) is 9.93. The summed E-state index contributed by atoms with van der Waals surface area (Å²) >= 11 is 0. The van der Waals surface area contributed by atoms with Gasteiger partial charge in [-0.3, -0.25) is 0 Å². The van der Waals surface area contributed by atoms with Crippen molar-refractivity contribution < 1.29 is 0 Å². The second-order valence-electron chi connectivity index (χ2n) is 33.2. The first kappa shape index (κ1) is 60.8. The number of benzene rings is 11. The zero-order valence-corrected chi connectivity index (χ0v) is 58.6. The molecule has 15 rings (SSSR count). The van der Waals surface area contributed by atoms with E-state index in [0.29, 0.717) is 0 Å². The van der Waals surface area contributed by atoms with Crippen molar-refractivity contribution in [3.8, 4) is 22.3 Å². The van der Waals surface area contributed by atoms with E-state index in [0.717, 1.165) is 34.1 Å². The Morgan fingerprint density at radius 3 is 0.840 bits per heavy atom. The molecule has 4 heterocycles. The Hall–Kier alpha value is -9.38. The molecule has 4 aromatic heterocycles.